The van der Waals surface area contributed by atoms with E-state index in [-0.39, 0.29) is 17.6 Å². The Morgan fingerprint density at radius 1 is 1.00 bits per heavy atom. The molecule has 4 heterocycles. The minimum absolute atomic E-state index is 0.0952. The molecule has 0 aliphatic rings. The molecule has 0 aliphatic heterocycles. The molecule has 4 aromatic rings. The molecule has 1 N–H and O–H groups in total. The second kappa shape index (κ2) is 7.38. The van der Waals surface area contributed by atoms with Crippen LogP contribution in [-0.2, 0) is 0 Å². The molecule has 142 valence electrons. The third-order valence-corrected chi connectivity index (χ3v) is 4.71. The highest BCUT2D eigenvalue weighted by molar-refractivity contribution is 5.79. The molecule has 0 saturated heterocycles. The lowest BCUT2D eigenvalue weighted by atomic mass is 10.1. The second-order valence-electron chi connectivity index (χ2n) is 7.25. The summed E-state index contributed by atoms with van der Waals surface area (Å²) < 4.78 is 6.14. The summed E-state index contributed by atoms with van der Waals surface area (Å²) in [5, 5.41) is 12.1. The number of hydrogen-bond acceptors (Lipinski definition) is 6. The summed E-state index contributed by atoms with van der Waals surface area (Å²) in [7, 11) is 0. The lowest BCUT2D eigenvalue weighted by molar-refractivity contribution is 0.286. The smallest absolute Gasteiger partial charge is 0.159 e. The summed E-state index contributed by atoms with van der Waals surface area (Å²) in [4.78, 5) is 17.7. The van der Waals surface area contributed by atoms with E-state index in [0.717, 1.165) is 27.7 Å². The Labute approximate surface area is 163 Å². The van der Waals surface area contributed by atoms with E-state index in [1.807, 2.05) is 31.2 Å². The Bertz CT molecular complexity index is 1140. The molecule has 4 aromatic heterocycles. The summed E-state index contributed by atoms with van der Waals surface area (Å²) in [6.07, 6.45) is 5.13. The largest absolute Gasteiger partial charge is 0.506 e. The van der Waals surface area contributed by atoms with Gasteiger partial charge in [0, 0.05) is 35.3 Å². The first-order valence-corrected chi connectivity index (χ1v) is 9.35. The van der Waals surface area contributed by atoms with Gasteiger partial charge in [0.15, 0.2) is 5.65 Å². The summed E-state index contributed by atoms with van der Waals surface area (Å²) >= 11 is 0. The Balaban J connectivity index is 1.62. The van der Waals surface area contributed by atoms with Crippen molar-refractivity contribution in [2.24, 2.45) is 0 Å². The number of nitrogens with zero attached hydrogens (tertiary/aromatic N) is 4. The molecular formula is C22H22N4O2. The van der Waals surface area contributed by atoms with Crippen molar-refractivity contribution in [3.05, 3.63) is 60.3 Å². The normalized spacial score (nSPS) is 12.6. The Kier molecular flexibility index (Phi) is 4.77. The van der Waals surface area contributed by atoms with Crippen LogP contribution >= 0.6 is 0 Å². The van der Waals surface area contributed by atoms with E-state index in [0.29, 0.717) is 17.9 Å². The van der Waals surface area contributed by atoms with Crippen molar-refractivity contribution in [2.75, 3.05) is 6.61 Å². The maximum atomic E-state index is 10.4. The van der Waals surface area contributed by atoms with Crippen LogP contribution in [0.25, 0.3) is 21.9 Å². The van der Waals surface area contributed by atoms with Gasteiger partial charge in [0.1, 0.15) is 11.5 Å². The standard InChI is InChI=1S/C22H22N4O2/c1-13(2)20-19(10-15-5-4-7-24-22(15)26-20)28-12-14(3)21-18(27)9-16-11-23-8-6-17(16)25-21/h4-11,13-14,27H,12H2,1-3H3. The van der Waals surface area contributed by atoms with Gasteiger partial charge in [-0.2, -0.15) is 0 Å². The van der Waals surface area contributed by atoms with Gasteiger partial charge in [0.25, 0.3) is 0 Å². The number of aromatic nitrogens is 4. The lowest BCUT2D eigenvalue weighted by Gasteiger charge is -2.18. The highest BCUT2D eigenvalue weighted by Crippen LogP contribution is 2.31. The Morgan fingerprint density at radius 2 is 1.86 bits per heavy atom. The topological polar surface area (TPSA) is 81.0 Å². The summed E-state index contributed by atoms with van der Waals surface area (Å²) in [5.74, 6) is 1.01. The van der Waals surface area contributed by atoms with Crippen molar-refractivity contribution in [3.63, 3.8) is 0 Å². The fraction of sp³-hybridized carbons (Fsp3) is 0.273. The van der Waals surface area contributed by atoms with Crippen molar-refractivity contribution >= 4 is 21.9 Å². The van der Waals surface area contributed by atoms with Crippen LogP contribution in [0.4, 0.5) is 0 Å². The van der Waals surface area contributed by atoms with E-state index in [4.69, 9.17) is 4.74 Å². The first kappa shape index (κ1) is 18.1. The summed E-state index contributed by atoms with van der Waals surface area (Å²) in [5.41, 5.74) is 3.00. The maximum Gasteiger partial charge on any atom is 0.159 e. The Hall–Kier alpha value is -3.28. The fourth-order valence-electron chi connectivity index (χ4n) is 3.21. The minimum atomic E-state index is -0.0952. The molecule has 1 unspecified atom stereocenters. The van der Waals surface area contributed by atoms with Gasteiger partial charge < -0.3 is 9.84 Å². The molecule has 0 radical (unpaired) electrons. The molecule has 0 amide bonds. The molecule has 0 fully saturated rings. The molecule has 0 aromatic carbocycles. The first-order valence-electron chi connectivity index (χ1n) is 9.35. The van der Waals surface area contributed by atoms with Gasteiger partial charge in [-0.1, -0.05) is 20.8 Å². The van der Waals surface area contributed by atoms with Crippen LogP contribution in [0.2, 0.25) is 0 Å². The number of pyridine rings is 4. The highest BCUT2D eigenvalue weighted by Gasteiger charge is 2.17. The summed E-state index contributed by atoms with van der Waals surface area (Å²) in [6.45, 7) is 6.53. The molecule has 0 saturated carbocycles. The molecule has 0 spiro atoms. The average molecular weight is 374 g/mol. The number of fused-ring (bicyclic) bond motifs is 2. The molecule has 6 nitrogen and oxygen atoms in total. The van der Waals surface area contributed by atoms with E-state index >= 15 is 0 Å². The molecule has 0 aliphatic carbocycles. The number of rotatable bonds is 5. The van der Waals surface area contributed by atoms with E-state index in [1.165, 1.54) is 0 Å². The third kappa shape index (κ3) is 3.45. The van der Waals surface area contributed by atoms with Gasteiger partial charge in [-0.25, -0.2) is 15.0 Å². The van der Waals surface area contributed by atoms with Crippen LogP contribution in [0, 0.1) is 0 Å². The van der Waals surface area contributed by atoms with Gasteiger partial charge in [0.2, 0.25) is 0 Å². The Morgan fingerprint density at radius 3 is 2.68 bits per heavy atom. The fourth-order valence-corrected chi connectivity index (χ4v) is 3.21. The average Bonchev–Trinajstić information content (AvgIpc) is 2.70. The van der Waals surface area contributed by atoms with E-state index in [2.05, 4.69) is 33.8 Å². The van der Waals surface area contributed by atoms with Crippen molar-refractivity contribution in [1.29, 1.82) is 0 Å². The van der Waals surface area contributed by atoms with Crippen molar-refractivity contribution in [1.82, 2.24) is 19.9 Å². The van der Waals surface area contributed by atoms with Crippen LogP contribution in [0.1, 0.15) is 44.0 Å². The van der Waals surface area contributed by atoms with E-state index in [1.54, 1.807) is 24.7 Å². The van der Waals surface area contributed by atoms with Gasteiger partial charge in [-0.15, -0.1) is 0 Å². The van der Waals surface area contributed by atoms with Crippen molar-refractivity contribution < 1.29 is 9.84 Å². The zero-order valence-corrected chi connectivity index (χ0v) is 16.1. The number of aromatic hydroxyl groups is 1. The molecule has 1 atom stereocenters. The molecule has 4 rings (SSSR count). The van der Waals surface area contributed by atoms with Crippen LogP contribution in [-0.4, -0.2) is 31.6 Å². The quantitative estimate of drug-likeness (QED) is 0.550. The van der Waals surface area contributed by atoms with Crippen LogP contribution in [0.15, 0.2) is 48.9 Å². The van der Waals surface area contributed by atoms with Crippen molar-refractivity contribution in [2.45, 2.75) is 32.6 Å². The molecule has 6 heteroatoms. The van der Waals surface area contributed by atoms with Crippen LogP contribution < -0.4 is 4.74 Å². The highest BCUT2D eigenvalue weighted by atomic mass is 16.5. The molecule has 0 bridgehead atoms. The zero-order chi connectivity index (χ0) is 19.7. The molecular weight excluding hydrogens is 352 g/mol. The lowest BCUT2D eigenvalue weighted by Crippen LogP contribution is -2.11. The van der Waals surface area contributed by atoms with E-state index < -0.39 is 0 Å². The minimum Gasteiger partial charge on any atom is -0.506 e. The maximum absolute atomic E-state index is 10.4. The molecule has 28 heavy (non-hydrogen) atoms. The van der Waals surface area contributed by atoms with Gasteiger partial charge >= 0.3 is 0 Å². The zero-order valence-electron chi connectivity index (χ0n) is 16.1. The summed E-state index contributed by atoms with van der Waals surface area (Å²) in [6, 6.07) is 9.38. The van der Waals surface area contributed by atoms with Gasteiger partial charge in [-0.05, 0) is 36.2 Å². The SMILES string of the molecule is CC(C)c1nc2ncccc2cc1OCC(C)c1nc2ccncc2cc1O. The van der Waals surface area contributed by atoms with E-state index in [9.17, 15) is 5.11 Å². The second-order valence-corrected chi connectivity index (χ2v) is 7.25. The third-order valence-electron chi connectivity index (χ3n) is 4.71. The first-order chi connectivity index (χ1) is 13.5. The van der Waals surface area contributed by atoms with Gasteiger partial charge in [0.05, 0.1) is 23.5 Å². The van der Waals surface area contributed by atoms with Crippen molar-refractivity contribution in [3.8, 4) is 11.5 Å². The number of ether oxygens (including phenoxy) is 1. The van der Waals surface area contributed by atoms with Crippen LogP contribution in [0.3, 0.4) is 0 Å². The predicted octanol–water partition coefficient (Wildman–Crippen LogP) is 4.58. The number of hydrogen-bond donors (Lipinski definition) is 1. The predicted molar refractivity (Wildman–Crippen MR) is 109 cm³/mol. The van der Waals surface area contributed by atoms with Crippen LogP contribution in [0.5, 0.6) is 11.5 Å². The monoisotopic (exact) mass is 374 g/mol. The van der Waals surface area contributed by atoms with Gasteiger partial charge in [-0.3, -0.25) is 4.98 Å².